The van der Waals surface area contributed by atoms with Crippen molar-refractivity contribution in [2.75, 3.05) is 41.0 Å². The van der Waals surface area contributed by atoms with Crippen LogP contribution in [0.2, 0.25) is 0 Å². The van der Waals surface area contributed by atoms with Crippen molar-refractivity contribution in [1.82, 2.24) is 0 Å². The number of unbranched alkanes of at least 4 members (excludes halogenated alkanes) is 16. The van der Waals surface area contributed by atoms with Crippen LogP contribution in [-0.4, -0.2) is 80.6 Å². The van der Waals surface area contributed by atoms with Crippen LogP contribution in [-0.2, 0) is 28.6 Å². The van der Waals surface area contributed by atoms with Crippen molar-refractivity contribution < 1.29 is 38.2 Å². The molecule has 0 heterocycles. The first kappa shape index (κ1) is 58.5. The topological polar surface area (TPSA) is 99.1 Å². The van der Waals surface area contributed by atoms with Gasteiger partial charge in [-0.15, -0.1) is 0 Å². The molecule has 0 bridgehead atoms. The molecule has 0 aromatic carbocycles. The van der Waals surface area contributed by atoms with Gasteiger partial charge in [0, 0.05) is 19.3 Å². The molecule has 8 heteroatoms. The standard InChI is InChI=1S/C54H91NO7/c1-6-8-10-12-14-16-18-20-22-24-25-26-27-28-29-31-33-35-37-39-41-43-45-53(57)62-50(48-60-47-46-51(54(58)59)55(3,4)5)49-61-52(56)44-42-40-38-36-34-32-30-23-21-19-17-15-13-11-9-7-2/h8,10,14,16,20,22-23,25-26,28-30,32,34,50-51H,6-7,9,11-13,15,17-19,21,24,27,31,33,35-49H2,1-5H3/p+1/b10-8+,16-14+,22-20+,26-25+,29-28+,30-23+,34-32+. The van der Waals surface area contributed by atoms with Crippen molar-refractivity contribution in [1.29, 1.82) is 0 Å². The summed E-state index contributed by atoms with van der Waals surface area (Å²) >= 11 is 0. The number of aliphatic carboxylic acids is 1. The van der Waals surface area contributed by atoms with Crippen LogP contribution in [0.15, 0.2) is 85.1 Å². The first-order valence-corrected chi connectivity index (χ1v) is 24.6. The van der Waals surface area contributed by atoms with Gasteiger partial charge in [-0.1, -0.05) is 170 Å². The molecule has 0 saturated heterocycles. The van der Waals surface area contributed by atoms with Gasteiger partial charge < -0.3 is 23.8 Å². The zero-order chi connectivity index (χ0) is 45.6. The molecular formula is C54H92NO7+. The third-order valence-corrected chi connectivity index (χ3v) is 10.6. The number of carboxylic acid groups (broad SMARTS) is 1. The summed E-state index contributed by atoms with van der Waals surface area (Å²) in [6, 6.07) is -0.626. The van der Waals surface area contributed by atoms with Gasteiger partial charge in [-0.3, -0.25) is 9.59 Å². The zero-order valence-corrected chi connectivity index (χ0v) is 40.3. The number of likely N-dealkylation sites (N-methyl/N-ethyl adjacent to an activating group) is 1. The van der Waals surface area contributed by atoms with Crippen LogP contribution in [0.5, 0.6) is 0 Å². The summed E-state index contributed by atoms with van der Waals surface area (Å²) in [7, 11) is 5.51. The van der Waals surface area contributed by atoms with Gasteiger partial charge in [0.05, 0.1) is 34.4 Å². The van der Waals surface area contributed by atoms with Crippen molar-refractivity contribution in [3.05, 3.63) is 85.1 Å². The Bertz CT molecular complexity index is 1290. The molecule has 0 aliphatic carbocycles. The number of allylic oxidation sites excluding steroid dienone is 14. The van der Waals surface area contributed by atoms with E-state index in [1.807, 2.05) is 21.1 Å². The summed E-state index contributed by atoms with van der Waals surface area (Å²) in [5.74, 6) is -1.53. The average molecular weight is 867 g/mol. The summed E-state index contributed by atoms with van der Waals surface area (Å²) in [5, 5.41) is 9.64. The van der Waals surface area contributed by atoms with E-state index in [9.17, 15) is 19.5 Å². The van der Waals surface area contributed by atoms with E-state index in [1.165, 1.54) is 57.8 Å². The molecule has 0 spiro atoms. The molecule has 0 aromatic rings. The monoisotopic (exact) mass is 867 g/mol. The third kappa shape index (κ3) is 41.8. The number of carbonyl (C=O) groups excluding carboxylic acids is 2. The highest BCUT2D eigenvalue weighted by atomic mass is 16.6. The number of nitrogens with zero attached hydrogens (tertiary/aromatic N) is 1. The van der Waals surface area contributed by atoms with Gasteiger partial charge in [-0.2, -0.15) is 0 Å². The maximum absolute atomic E-state index is 12.8. The van der Waals surface area contributed by atoms with Gasteiger partial charge in [-0.25, -0.2) is 4.79 Å². The number of quaternary nitrogens is 1. The molecule has 0 aromatic heterocycles. The van der Waals surface area contributed by atoms with E-state index in [-0.39, 0.29) is 36.2 Å². The molecule has 0 aliphatic heterocycles. The summed E-state index contributed by atoms with van der Waals surface area (Å²) in [6.45, 7) is 4.57. The maximum atomic E-state index is 12.8. The van der Waals surface area contributed by atoms with Gasteiger partial charge in [0.2, 0.25) is 0 Å². The van der Waals surface area contributed by atoms with E-state index < -0.39 is 18.1 Å². The van der Waals surface area contributed by atoms with E-state index in [0.717, 1.165) is 96.3 Å². The Morgan fingerprint density at radius 3 is 1.45 bits per heavy atom. The lowest BCUT2D eigenvalue weighted by molar-refractivity contribution is -0.887. The van der Waals surface area contributed by atoms with Crippen LogP contribution in [0.1, 0.15) is 187 Å². The molecule has 0 amide bonds. The molecular weight excluding hydrogens is 775 g/mol. The smallest absolute Gasteiger partial charge is 0.362 e. The molecule has 8 nitrogen and oxygen atoms in total. The van der Waals surface area contributed by atoms with Gasteiger partial charge in [-0.05, 0) is 83.5 Å². The van der Waals surface area contributed by atoms with Crippen molar-refractivity contribution in [3.63, 3.8) is 0 Å². The number of esters is 2. The van der Waals surface area contributed by atoms with Gasteiger partial charge in [0.15, 0.2) is 12.1 Å². The van der Waals surface area contributed by atoms with Crippen molar-refractivity contribution in [3.8, 4) is 0 Å². The second-order valence-electron chi connectivity index (χ2n) is 17.4. The van der Waals surface area contributed by atoms with Crippen molar-refractivity contribution in [2.24, 2.45) is 0 Å². The fourth-order valence-electron chi connectivity index (χ4n) is 6.76. The Balaban J connectivity index is 4.37. The molecule has 1 N–H and O–H groups in total. The Hall–Kier alpha value is -3.49. The van der Waals surface area contributed by atoms with E-state index in [2.05, 4.69) is 98.9 Å². The predicted octanol–water partition coefficient (Wildman–Crippen LogP) is 14.1. The minimum absolute atomic E-state index is 0.0419. The number of carboxylic acids is 1. The molecule has 0 radical (unpaired) electrons. The van der Waals surface area contributed by atoms with Crippen LogP contribution in [0.25, 0.3) is 0 Å². The lowest BCUT2D eigenvalue weighted by Crippen LogP contribution is -2.50. The number of ether oxygens (including phenoxy) is 3. The highest BCUT2D eigenvalue weighted by molar-refractivity contribution is 5.72. The van der Waals surface area contributed by atoms with Crippen LogP contribution in [0.4, 0.5) is 0 Å². The second kappa shape index (κ2) is 44.1. The molecule has 62 heavy (non-hydrogen) atoms. The third-order valence-electron chi connectivity index (χ3n) is 10.6. The summed E-state index contributed by atoms with van der Waals surface area (Å²) < 4.78 is 17.3. The first-order chi connectivity index (χ1) is 30.1. The number of hydrogen-bond donors (Lipinski definition) is 1. The van der Waals surface area contributed by atoms with Crippen LogP contribution in [0.3, 0.4) is 0 Å². The van der Waals surface area contributed by atoms with Crippen LogP contribution < -0.4 is 0 Å². The lowest BCUT2D eigenvalue weighted by Gasteiger charge is -2.31. The minimum Gasteiger partial charge on any atom is -0.477 e. The predicted molar refractivity (Wildman–Crippen MR) is 261 cm³/mol. The Morgan fingerprint density at radius 2 is 0.952 bits per heavy atom. The zero-order valence-electron chi connectivity index (χ0n) is 40.3. The van der Waals surface area contributed by atoms with Gasteiger partial charge >= 0.3 is 17.9 Å². The number of hydrogen-bond acceptors (Lipinski definition) is 6. The highest BCUT2D eigenvalue weighted by Crippen LogP contribution is 2.13. The average Bonchev–Trinajstić information content (AvgIpc) is 3.23. The molecule has 2 unspecified atom stereocenters. The molecule has 0 rings (SSSR count). The summed E-state index contributed by atoms with van der Waals surface area (Å²) in [5.41, 5.74) is 0. The van der Waals surface area contributed by atoms with E-state index >= 15 is 0 Å². The minimum atomic E-state index is -0.884. The molecule has 0 aliphatic rings. The Morgan fingerprint density at radius 1 is 0.516 bits per heavy atom. The lowest BCUT2D eigenvalue weighted by atomic mass is 10.1. The largest absolute Gasteiger partial charge is 0.477 e. The highest BCUT2D eigenvalue weighted by Gasteiger charge is 2.31. The van der Waals surface area contributed by atoms with E-state index in [1.54, 1.807) is 0 Å². The Kier molecular flexibility index (Phi) is 41.6. The molecule has 0 saturated carbocycles. The molecule has 354 valence electrons. The quantitative estimate of drug-likeness (QED) is 0.0214. The molecule has 0 fully saturated rings. The maximum Gasteiger partial charge on any atom is 0.362 e. The van der Waals surface area contributed by atoms with Gasteiger partial charge in [0.1, 0.15) is 6.61 Å². The van der Waals surface area contributed by atoms with E-state index in [0.29, 0.717) is 19.3 Å². The molecule has 2 atom stereocenters. The van der Waals surface area contributed by atoms with Crippen molar-refractivity contribution in [2.45, 2.75) is 199 Å². The second-order valence-corrected chi connectivity index (χ2v) is 17.4. The normalized spacial score (nSPS) is 13.6. The number of carbonyl (C=O) groups is 3. The number of rotatable bonds is 43. The van der Waals surface area contributed by atoms with Crippen LogP contribution >= 0.6 is 0 Å². The fraction of sp³-hybridized carbons (Fsp3) is 0.685. The van der Waals surface area contributed by atoms with Gasteiger partial charge in [0.25, 0.3) is 0 Å². The summed E-state index contributed by atoms with van der Waals surface area (Å²) in [4.78, 5) is 37.1. The first-order valence-electron chi connectivity index (χ1n) is 24.6. The van der Waals surface area contributed by atoms with Crippen molar-refractivity contribution >= 4 is 17.9 Å². The SMILES string of the molecule is CC/C=C/C/C=C/C/C=C/C/C=C/C/C=C/CCCCCCCCC(=O)OC(COCCC(C(=O)O)[N+](C)(C)C)COC(=O)CCCCC/C=C/C=C/CCCCCCCCC. The summed E-state index contributed by atoms with van der Waals surface area (Å²) in [6.07, 6.45) is 57.7. The van der Waals surface area contributed by atoms with E-state index in [4.69, 9.17) is 14.2 Å². The Labute approximate surface area is 380 Å². The fourth-order valence-corrected chi connectivity index (χ4v) is 6.76. The van der Waals surface area contributed by atoms with Crippen LogP contribution in [0, 0.1) is 0 Å².